The molecule has 3 aromatic rings. The minimum Gasteiger partial charge on any atom is -0.334 e. The molecule has 4 nitrogen and oxygen atoms in total. The van der Waals surface area contributed by atoms with Crippen molar-refractivity contribution in [1.29, 1.82) is 0 Å². The predicted octanol–water partition coefficient (Wildman–Crippen LogP) is 4.92. The average Bonchev–Trinajstić information content (AvgIpc) is 3.01. The first-order chi connectivity index (χ1) is 12.9. The molecule has 0 spiro atoms. The van der Waals surface area contributed by atoms with Crippen molar-refractivity contribution in [2.24, 2.45) is 0 Å². The number of nitrogens with one attached hydrogen (secondary N) is 1. The normalized spacial score (nSPS) is 12.4. The van der Waals surface area contributed by atoms with Crippen molar-refractivity contribution < 1.29 is 26.0 Å². The summed E-state index contributed by atoms with van der Waals surface area (Å²) >= 11 is 0. The Morgan fingerprint density at radius 2 is 1.61 bits per heavy atom. The lowest BCUT2D eigenvalue weighted by Gasteiger charge is -2.08. The van der Waals surface area contributed by atoms with Gasteiger partial charge in [0.25, 0.3) is 0 Å². The van der Waals surface area contributed by atoms with Crippen LogP contribution in [0.2, 0.25) is 0 Å². The van der Waals surface area contributed by atoms with E-state index in [9.17, 15) is 26.0 Å². The molecule has 1 heterocycles. The third-order valence-electron chi connectivity index (χ3n) is 4.37. The van der Waals surface area contributed by atoms with E-state index < -0.39 is 32.6 Å². The third-order valence-corrected chi connectivity index (χ3v) is 5.50. The third kappa shape index (κ3) is 3.80. The molecule has 0 bridgehead atoms. The first kappa shape index (κ1) is 20.1. The van der Waals surface area contributed by atoms with Crippen molar-refractivity contribution in [1.82, 2.24) is 9.97 Å². The van der Waals surface area contributed by atoms with Crippen molar-refractivity contribution in [3.8, 4) is 22.5 Å². The van der Waals surface area contributed by atoms with E-state index in [0.29, 0.717) is 5.56 Å². The molecule has 0 saturated heterocycles. The van der Waals surface area contributed by atoms with Crippen molar-refractivity contribution in [2.45, 2.75) is 24.9 Å². The summed E-state index contributed by atoms with van der Waals surface area (Å²) in [6.45, 7) is 3.69. The molecule has 28 heavy (non-hydrogen) atoms. The average molecular weight is 412 g/mol. The van der Waals surface area contributed by atoms with Crippen LogP contribution in [0.4, 0.5) is 17.6 Å². The quantitative estimate of drug-likeness (QED) is 0.621. The molecular weight excluding hydrogens is 396 g/mol. The second kappa shape index (κ2) is 6.73. The van der Waals surface area contributed by atoms with Gasteiger partial charge in [-0.3, -0.25) is 0 Å². The highest BCUT2D eigenvalue weighted by Crippen LogP contribution is 2.36. The summed E-state index contributed by atoms with van der Waals surface area (Å²) < 4.78 is 77.1. The van der Waals surface area contributed by atoms with Crippen LogP contribution in [0.25, 0.3) is 22.5 Å². The first-order valence-corrected chi connectivity index (χ1v) is 10.0. The second-order valence-electron chi connectivity index (χ2n) is 6.52. The summed E-state index contributed by atoms with van der Waals surface area (Å²) in [4.78, 5) is 5.36. The van der Waals surface area contributed by atoms with E-state index in [-0.39, 0.29) is 17.0 Å². The molecule has 0 aliphatic rings. The summed E-state index contributed by atoms with van der Waals surface area (Å²) in [6.07, 6.45) is -3.88. The van der Waals surface area contributed by atoms with Crippen LogP contribution in [-0.4, -0.2) is 24.6 Å². The van der Waals surface area contributed by atoms with Crippen molar-refractivity contribution in [3.63, 3.8) is 0 Å². The van der Waals surface area contributed by atoms with Crippen molar-refractivity contribution in [2.75, 3.05) is 6.26 Å². The Kier molecular flexibility index (Phi) is 4.82. The molecule has 0 aliphatic heterocycles. The first-order valence-electron chi connectivity index (χ1n) is 8.12. The van der Waals surface area contributed by atoms with Crippen LogP contribution in [0.5, 0.6) is 0 Å². The molecule has 0 radical (unpaired) electrons. The highest BCUT2D eigenvalue weighted by atomic mass is 32.2. The van der Waals surface area contributed by atoms with Crippen LogP contribution >= 0.6 is 0 Å². The highest BCUT2D eigenvalue weighted by molar-refractivity contribution is 7.90. The Labute approximate surface area is 159 Å². The Hall–Kier alpha value is -2.68. The maximum absolute atomic E-state index is 14.3. The number of hydrogen-bond donors (Lipinski definition) is 1. The van der Waals surface area contributed by atoms with Crippen LogP contribution in [-0.2, 0) is 16.0 Å². The molecular formula is C19H16F4N2O2S. The summed E-state index contributed by atoms with van der Waals surface area (Å²) in [7, 11) is -3.81. The zero-order chi connectivity index (χ0) is 20.9. The fourth-order valence-corrected chi connectivity index (χ4v) is 3.50. The number of hydrogen-bond acceptors (Lipinski definition) is 3. The van der Waals surface area contributed by atoms with Crippen LogP contribution in [0.3, 0.4) is 0 Å². The highest BCUT2D eigenvalue weighted by Gasteiger charge is 2.36. The van der Waals surface area contributed by atoms with Gasteiger partial charge in [-0.25, -0.2) is 17.8 Å². The molecule has 148 valence electrons. The molecule has 0 aliphatic carbocycles. The fraction of sp³-hybridized carbons (Fsp3) is 0.211. The molecule has 0 fully saturated rings. The number of sulfone groups is 1. The standard InChI is InChI=1S/C19H16F4N2O2S/c1-10-4-5-12(8-11(10)2)16-17(25-18(24-16)19(21,22)23)13-6-7-15(14(20)9-13)28(3,26)27/h4-9H,1-3H3,(H,24,25). The van der Waals surface area contributed by atoms with E-state index in [1.807, 2.05) is 13.8 Å². The lowest BCUT2D eigenvalue weighted by Crippen LogP contribution is -2.07. The van der Waals surface area contributed by atoms with Crippen LogP contribution in [0, 0.1) is 19.7 Å². The van der Waals surface area contributed by atoms with Gasteiger partial charge in [0.05, 0.1) is 11.4 Å². The van der Waals surface area contributed by atoms with Gasteiger partial charge in [-0.15, -0.1) is 0 Å². The second-order valence-corrected chi connectivity index (χ2v) is 8.51. The predicted molar refractivity (Wildman–Crippen MR) is 97.0 cm³/mol. The Morgan fingerprint density at radius 3 is 2.14 bits per heavy atom. The van der Waals surface area contributed by atoms with E-state index in [2.05, 4.69) is 9.97 Å². The summed E-state index contributed by atoms with van der Waals surface area (Å²) in [6, 6.07) is 8.23. The number of alkyl halides is 3. The minimum absolute atomic E-state index is 0.0323. The molecule has 0 amide bonds. The Morgan fingerprint density at radius 1 is 0.964 bits per heavy atom. The molecule has 0 atom stereocenters. The maximum Gasteiger partial charge on any atom is 0.449 e. The van der Waals surface area contributed by atoms with E-state index in [1.54, 1.807) is 18.2 Å². The summed E-state index contributed by atoms with van der Waals surface area (Å²) in [5, 5.41) is 0. The van der Waals surface area contributed by atoms with E-state index in [0.717, 1.165) is 29.5 Å². The smallest absolute Gasteiger partial charge is 0.334 e. The molecule has 3 rings (SSSR count). The van der Waals surface area contributed by atoms with Gasteiger partial charge < -0.3 is 4.98 Å². The number of halogens is 4. The zero-order valence-electron chi connectivity index (χ0n) is 15.1. The number of nitrogens with zero attached hydrogens (tertiary/aromatic N) is 1. The molecule has 0 unspecified atom stereocenters. The van der Waals surface area contributed by atoms with E-state index >= 15 is 0 Å². The number of imidazole rings is 1. The number of H-pyrrole nitrogens is 1. The van der Waals surface area contributed by atoms with Gasteiger partial charge in [0.15, 0.2) is 9.84 Å². The number of aryl methyl sites for hydroxylation is 2. The summed E-state index contributed by atoms with van der Waals surface area (Å²) in [5.74, 6) is -2.27. The summed E-state index contributed by atoms with van der Waals surface area (Å²) in [5.41, 5.74) is 2.27. The fourth-order valence-electron chi connectivity index (χ4n) is 2.77. The molecule has 9 heteroatoms. The Balaban J connectivity index is 2.24. The molecule has 1 aromatic heterocycles. The molecule has 1 N–H and O–H groups in total. The van der Waals surface area contributed by atoms with Gasteiger partial charge in [0.1, 0.15) is 10.7 Å². The van der Waals surface area contributed by atoms with Gasteiger partial charge in [0.2, 0.25) is 5.82 Å². The lowest BCUT2D eigenvalue weighted by molar-refractivity contribution is -0.144. The van der Waals surface area contributed by atoms with Gasteiger partial charge in [-0.05, 0) is 43.2 Å². The minimum atomic E-state index is -4.72. The molecule has 0 saturated carbocycles. The van der Waals surface area contributed by atoms with Crippen molar-refractivity contribution >= 4 is 9.84 Å². The van der Waals surface area contributed by atoms with Crippen molar-refractivity contribution in [3.05, 3.63) is 59.2 Å². The largest absolute Gasteiger partial charge is 0.449 e. The zero-order valence-corrected chi connectivity index (χ0v) is 16.0. The Bertz CT molecular complexity index is 1170. The number of aromatic amines is 1. The van der Waals surface area contributed by atoms with Gasteiger partial charge >= 0.3 is 6.18 Å². The van der Waals surface area contributed by atoms with Crippen LogP contribution < -0.4 is 0 Å². The van der Waals surface area contributed by atoms with E-state index in [4.69, 9.17) is 0 Å². The lowest BCUT2D eigenvalue weighted by atomic mass is 10.0. The van der Waals surface area contributed by atoms with Gasteiger partial charge in [-0.2, -0.15) is 13.2 Å². The maximum atomic E-state index is 14.3. The van der Waals surface area contributed by atoms with Crippen LogP contribution in [0.15, 0.2) is 41.3 Å². The molecule has 2 aromatic carbocycles. The number of rotatable bonds is 3. The topological polar surface area (TPSA) is 62.8 Å². The van der Waals surface area contributed by atoms with Crippen LogP contribution in [0.1, 0.15) is 17.0 Å². The SMILES string of the molecule is Cc1ccc(-c2[nH]c(C(F)(F)F)nc2-c2ccc(S(C)(=O)=O)c(F)c2)cc1C. The monoisotopic (exact) mass is 412 g/mol. The number of benzene rings is 2. The number of aromatic nitrogens is 2. The van der Waals surface area contributed by atoms with E-state index in [1.165, 1.54) is 6.07 Å². The van der Waals surface area contributed by atoms with Gasteiger partial charge in [-0.1, -0.05) is 18.2 Å². The van der Waals surface area contributed by atoms with Gasteiger partial charge in [0, 0.05) is 17.4 Å².